The summed E-state index contributed by atoms with van der Waals surface area (Å²) in [6.45, 7) is 5.21. The molecule has 0 spiro atoms. The average Bonchev–Trinajstić information content (AvgIpc) is 2.82. The average molecular weight is 483 g/mol. The number of aromatic hydroxyl groups is 1. The molecule has 0 fully saturated rings. The first kappa shape index (κ1) is 25.5. The SMILES string of the molecule is CCN(Cc1ccc(O)cc1Cl)C(=O)c1cccc(C[C@@H](C)NC[C@H](O)c2ccc(N)nc2)c1. The number of aliphatic hydroxyl groups is 1. The van der Waals surface area contributed by atoms with Gasteiger partial charge in [0.05, 0.1) is 6.10 Å². The Labute approximate surface area is 205 Å². The van der Waals surface area contributed by atoms with Crippen molar-refractivity contribution in [3.05, 3.63) is 88.1 Å². The Balaban J connectivity index is 1.60. The molecule has 2 aromatic carbocycles. The van der Waals surface area contributed by atoms with Crippen LogP contribution in [0.25, 0.3) is 0 Å². The Morgan fingerprint density at radius 1 is 1.21 bits per heavy atom. The summed E-state index contributed by atoms with van der Waals surface area (Å²) in [5.74, 6) is 0.427. The molecule has 3 rings (SSSR count). The summed E-state index contributed by atoms with van der Waals surface area (Å²) >= 11 is 6.23. The van der Waals surface area contributed by atoms with Crippen LogP contribution in [0.3, 0.4) is 0 Å². The third-order valence-electron chi connectivity index (χ3n) is 5.64. The van der Waals surface area contributed by atoms with Gasteiger partial charge in [-0.1, -0.05) is 35.9 Å². The van der Waals surface area contributed by atoms with Crippen molar-refractivity contribution in [2.75, 3.05) is 18.8 Å². The topological polar surface area (TPSA) is 112 Å². The van der Waals surface area contributed by atoms with Crippen LogP contribution < -0.4 is 11.1 Å². The summed E-state index contributed by atoms with van der Waals surface area (Å²) < 4.78 is 0. The van der Waals surface area contributed by atoms with E-state index in [9.17, 15) is 15.0 Å². The molecule has 180 valence electrons. The van der Waals surface area contributed by atoms with Crippen LogP contribution in [0.4, 0.5) is 5.82 Å². The second-order valence-electron chi connectivity index (χ2n) is 8.34. The van der Waals surface area contributed by atoms with E-state index in [1.54, 1.807) is 35.4 Å². The van der Waals surface area contributed by atoms with Gasteiger partial charge >= 0.3 is 0 Å². The van der Waals surface area contributed by atoms with Crippen LogP contribution in [-0.4, -0.2) is 45.1 Å². The largest absolute Gasteiger partial charge is 0.508 e. The molecule has 0 aliphatic rings. The summed E-state index contributed by atoms with van der Waals surface area (Å²) in [5.41, 5.74) is 8.70. The molecule has 0 aliphatic heterocycles. The van der Waals surface area contributed by atoms with Gasteiger partial charge in [0, 0.05) is 48.0 Å². The van der Waals surface area contributed by atoms with Gasteiger partial charge in [-0.2, -0.15) is 0 Å². The number of benzene rings is 2. The molecule has 5 N–H and O–H groups in total. The van der Waals surface area contributed by atoms with Crippen LogP contribution in [0, 0.1) is 0 Å². The maximum absolute atomic E-state index is 13.2. The Kier molecular flexibility index (Phi) is 8.87. The van der Waals surface area contributed by atoms with Gasteiger partial charge in [0.2, 0.25) is 0 Å². The number of nitrogens with one attached hydrogen (secondary N) is 1. The minimum atomic E-state index is -0.687. The number of aromatic nitrogens is 1. The number of pyridine rings is 1. The minimum absolute atomic E-state index is 0.0830. The number of anilines is 1. The lowest BCUT2D eigenvalue weighted by Crippen LogP contribution is -2.32. The molecule has 0 radical (unpaired) electrons. The molecule has 1 amide bonds. The number of rotatable bonds is 10. The Morgan fingerprint density at radius 2 is 2.00 bits per heavy atom. The van der Waals surface area contributed by atoms with Gasteiger partial charge < -0.3 is 26.2 Å². The molecule has 3 aromatic rings. The summed E-state index contributed by atoms with van der Waals surface area (Å²) in [4.78, 5) is 18.9. The number of nitrogens with two attached hydrogens (primary N) is 1. The highest BCUT2D eigenvalue weighted by Crippen LogP contribution is 2.23. The molecule has 0 saturated carbocycles. The Hall–Kier alpha value is -3.13. The van der Waals surface area contributed by atoms with E-state index in [-0.39, 0.29) is 17.7 Å². The van der Waals surface area contributed by atoms with Gasteiger partial charge in [0.25, 0.3) is 5.91 Å². The summed E-state index contributed by atoms with van der Waals surface area (Å²) in [5, 5.41) is 23.7. The smallest absolute Gasteiger partial charge is 0.254 e. The van der Waals surface area contributed by atoms with Crippen LogP contribution in [0.5, 0.6) is 5.75 Å². The number of nitrogen functional groups attached to an aromatic ring is 1. The molecule has 1 aromatic heterocycles. The second kappa shape index (κ2) is 11.8. The van der Waals surface area contributed by atoms with Crippen molar-refractivity contribution in [3.8, 4) is 5.75 Å². The monoisotopic (exact) mass is 482 g/mol. The van der Waals surface area contributed by atoms with E-state index < -0.39 is 6.10 Å². The zero-order valence-electron chi connectivity index (χ0n) is 19.4. The maximum atomic E-state index is 13.2. The first-order chi connectivity index (χ1) is 16.3. The fourth-order valence-corrected chi connectivity index (χ4v) is 3.92. The molecule has 1 heterocycles. The number of carbonyl (C=O) groups is 1. The Morgan fingerprint density at radius 3 is 2.68 bits per heavy atom. The first-order valence-electron chi connectivity index (χ1n) is 11.2. The third kappa shape index (κ3) is 6.93. The zero-order chi connectivity index (χ0) is 24.7. The first-order valence-corrected chi connectivity index (χ1v) is 11.6. The van der Waals surface area contributed by atoms with E-state index in [4.69, 9.17) is 17.3 Å². The molecular formula is C26H31ClN4O3. The number of phenolic OH excluding ortho intramolecular Hbond substituents is 1. The number of hydrogen-bond acceptors (Lipinski definition) is 6. The summed E-state index contributed by atoms with van der Waals surface area (Å²) in [7, 11) is 0. The molecule has 0 bridgehead atoms. The van der Waals surface area contributed by atoms with Crippen molar-refractivity contribution < 1.29 is 15.0 Å². The third-order valence-corrected chi connectivity index (χ3v) is 5.99. The van der Waals surface area contributed by atoms with Gasteiger partial charge in [0.15, 0.2) is 0 Å². The number of hydrogen-bond donors (Lipinski definition) is 4. The molecule has 0 unspecified atom stereocenters. The highest BCUT2D eigenvalue weighted by molar-refractivity contribution is 6.31. The highest BCUT2D eigenvalue weighted by atomic mass is 35.5. The fourth-order valence-electron chi connectivity index (χ4n) is 3.68. The Bertz CT molecular complexity index is 1110. The van der Waals surface area contributed by atoms with E-state index >= 15 is 0 Å². The van der Waals surface area contributed by atoms with E-state index in [0.29, 0.717) is 48.0 Å². The van der Waals surface area contributed by atoms with E-state index in [2.05, 4.69) is 10.3 Å². The molecule has 2 atom stereocenters. The fraction of sp³-hybridized carbons (Fsp3) is 0.308. The predicted octanol–water partition coefficient (Wildman–Crippen LogP) is 3.94. The molecular weight excluding hydrogens is 452 g/mol. The number of nitrogens with zero attached hydrogens (tertiary/aromatic N) is 2. The van der Waals surface area contributed by atoms with Crippen LogP contribution in [0.1, 0.15) is 47.0 Å². The number of amides is 1. The van der Waals surface area contributed by atoms with Crippen LogP contribution in [0.15, 0.2) is 60.8 Å². The van der Waals surface area contributed by atoms with Gasteiger partial charge in [-0.05, 0) is 61.7 Å². The lowest BCUT2D eigenvalue weighted by molar-refractivity contribution is 0.0752. The molecule has 0 aliphatic carbocycles. The van der Waals surface area contributed by atoms with Crippen LogP contribution >= 0.6 is 11.6 Å². The predicted molar refractivity (Wildman–Crippen MR) is 135 cm³/mol. The quantitative estimate of drug-likeness (QED) is 0.348. The van der Waals surface area contributed by atoms with Gasteiger partial charge in [0.1, 0.15) is 11.6 Å². The molecule has 8 heteroatoms. The number of phenols is 1. The lowest BCUT2D eigenvalue weighted by Gasteiger charge is -2.22. The van der Waals surface area contributed by atoms with Crippen molar-refractivity contribution in [2.24, 2.45) is 0 Å². The van der Waals surface area contributed by atoms with Crippen molar-refractivity contribution in [1.29, 1.82) is 0 Å². The molecule has 7 nitrogen and oxygen atoms in total. The minimum Gasteiger partial charge on any atom is -0.508 e. The van der Waals surface area contributed by atoms with Crippen LogP contribution in [-0.2, 0) is 13.0 Å². The standard InChI is InChI=1S/C26H31ClN4O3/c1-3-31(16-21-7-9-22(32)13-23(21)27)26(34)19-6-4-5-18(12-19)11-17(2)29-15-24(33)20-8-10-25(28)30-14-20/h4-10,12-14,17,24,29,32-33H,3,11,15-16H2,1-2H3,(H2,28,30)/t17-,24+/m1/s1. The van der Waals surface area contributed by atoms with Crippen molar-refractivity contribution in [2.45, 2.75) is 39.0 Å². The van der Waals surface area contributed by atoms with E-state index in [1.807, 2.05) is 38.1 Å². The summed E-state index contributed by atoms with van der Waals surface area (Å²) in [6, 6.07) is 15.9. The van der Waals surface area contributed by atoms with Crippen molar-refractivity contribution in [3.63, 3.8) is 0 Å². The van der Waals surface area contributed by atoms with E-state index in [1.165, 1.54) is 6.07 Å². The zero-order valence-corrected chi connectivity index (χ0v) is 20.2. The normalized spacial score (nSPS) is 12.8. The van der Waals surface area contributed by atoms with Gasteiger partial charge in [-0.25, -0.2) is 4.98 Å². The molecule has 0 saturated heterocycles. The molecule has 34 heavy (non-hydrogen) atoms. The van der Waals surface area contributed by atoms with Crippen molar-refractivity contribution in [1.82, 2.24) is 15.2 Å². The maximum Gasteiger partial charge on any atom is 0.254 e. The number of aliphatic hydroxyl groups excluding tert-OH is 1. The van der Waals surface area contributed by atoms with Gasteiger partial charge in [-0.15, -0.1) is 0 Å². The summed E-state index contributed by atoms with van der Waals surface area (Å²) in [6.07, 6.45) is 1.59. The lowest BCUT2D eigenvalue weighted by atomic mass is 10.0. The highest BCUT2D eigenvalue weighted by Gasteiger charge is 2.17. The van der Waals surface area contributed by atoms with Crippen molar-refractivity contribution >= 4 is 23.3 Å². The van der Waals surface area contributed by atoms with E-state index in [0.717, 1.165) is 11.1 Å². The number of carbonyl (C=O) groups excluding carboxylic acids is 1. The second-order valence-corrected chi connectivity index (χ2v) is 8.75. The van der Waals surface area contributed by atoms with Crippen LogP contribution in [0.2, 0.25) is 5.02 Å². The van der Waals surface area contributed by atoms with Gasteiger partial charge in [-0.3, -0.25) is 4.79 Å². The number of halogens is 1.